The van der Waals surface area contributed by atoms with Crippen molar-refractivity contribution in [1.29, 1.82) is 0 Å². The highest BCUT2D eigenvalue weighted by atomic mass is 16.3. The van der Waals surface area contributed by atoms with Crippen molar-refractivity contribution < 1.29 is 9.21 Å². The van der Waals surface area contributed by atoms with Crippen molar-refractivity contribution in [2.45, 2.75) is 45.7 Å². The van der Waals surface area contributed by atoms with Gasteiger partial charge < -0.3 is 14.7 Å². The molecule has 3 aromatic rings. The molecule has 0 aliphatic carbocycles. The number of carbonyl (C=O) groups is 1. The van der Waals surface area contributed by atoms with Crippen LogP contribution in [0.3, 0.4) is 0 Å². The Morgan fingerprint density at radius 3 is 2.82 bits per heavy atom. The number of aromatic amines is 1. The lowest BCUT2D eigenvalue weighted by Gasteiger charge is -2.34. The Hall–Kier alpha value is -2.93. The molecule has 0 saturated heterocycles. The maximum absolute atomic E-state index is 11.3. The first kappa shape index (κ1) is 18.4. The van der Waals surface area contributed by atoms with Crippen LogP contribution in [0, 0.1) is 0 Å². The van der Waals surface area contributed by atoms with E-state index in [0.29, 0.717) is 6.54 Å². The van der Waals surface area contributed by atoms with Crippen LogP contribution in [0.1, 0.15) is 61.3 Å². The summed E-state index contributed by atoms with van der Waals surface area (Å²) in [6.45, 7) is 7.26. The number of carbonyl (C=O) groups excluding carboxylic acids is 1. The van der Waals surface area contributed by atoms with Gasteiger partial charge in [-0.2, -0.15) is 0 Å². The number of benzene rings is 1. The number of imidazole rings is 1. The Morgan fingerprint density at radius 1 is 1.36 bits per heavy atom. The molecule has 0 spiro atoms. The molecule has 1 atom stereocenters. The van der Waals surface area contributed by atoms with Crippen LogP contribution in [0.25, 0.3) is 0 Å². The molecule has 2 aromatic heterocycles. The highest BCUT2D eigenvalue weighted by molar-refractivity contribution is 5.88. The number of H-pyrrole nitrogens is 1. The molecular weight excluding hydrogens is 354 g/mol. The van der Waals surface area contributed by atoms with Crippen LogP contribution in [-0.4, -0.2) is 32.3 Å². The van der Waals surface area contributed by atoms with Crippen LogP contribution in [0.2, 0.25) is 0 Å². The number of rotatable bonds is 5. The predicted octanol–water partition coefficient (Wildman–Crippen LogP) is 3.63. The lowest BCUT2D eigenvalue weighted by molar-refractivity contribution is -0.114. The van der Waals surface area contributed by atoms with Crippen molar-refractivity contribution in [3.8, 4) is 0 Å². The minimum atomic E-state index is -0.0754. The molecule has 1 aliphatic heterocycles. The summed E-state index contributed by atoms with van der Waals surface area (Å²) in [5.74, 6) is 0.961. The summed E-state index contributed by atoms with van der Waals surface area (Å²) in [7, 11) is 0. The van der Waals surface area contributed by atoms with Gasteiger partial charge in [-0.3, -0.25) is 9.69 Å². The second-order valence-electron chi connectivity index (χ2n) is 7.52. The van der Waals surface area contributed by atoms with Crippen molar-refractivity contribution in [3.05, 3.63) is 65.4 Å². The minimum Gasteiger partial charge on any atom is -0.448 e. The van der Waals surface area contributed by atoms with Crippen molar-refractivity contribution in [2.75, 3.05) is 11.9 Å². The summed E-state index contributed by atoms with van der Waals surface area (Å²) in [6, 6.07) is 8.00. The van der Waals surface area contributed by atoms with E-state index in [9.17, 15) is 4.79 Å². The number of nitrogens with zero attached hydrogens (tertiary/aromatic N) is 3. The van der Waals surface area contributed by atoms with Crippen LogP contribution in [0.5, 0.6) is 0 Å². The molecule has 1 aliphatic rings. The molecule has 7 nitrogen and oxygen atoms in total. The number of amides is 1. The normalized spacial score (nSPS) is 16.9. The fourth-order valence-corrected chi connectivity index (χ4v) is 3.68. The molecule has 1 unspecified atom stereocenters. The third-order valence-electron chi connectivity index (χ3n) is 5.00. The number of aromatic nitrogens is 3. The lowest BCUT2D eigenvalue weighted by atomic mass is 9.95. The Bertz CT molecular complexity index is 957. The van der Waals surface area contributed by atoms with Gasteiger partial charge in [-0.15, -0.1) is 0 Å². The molecule has 0 radical (unpaired) electrons. The molecule has 3 heterocycles. The number of fused-ring (bicyclic) bond motifs is 1. The van der Waals surface area contributed by atoms with E-state index in [2.05, 4.69) is 51.1 Å². The largest absolute Gasteiger partial charge is 0.448 e. The van der Waals surface area contributed by atoms with Crippen molar-refractivity contribution in [3.63, 3.8) is 0 Å². The van der Waals surface area contributed by atoms with Gasteiger partial charge in [0.1, 0.15) is 6.26 Å². The molecule has 1 amide bonds. The Morgan fingerprint density at radius 2 is 2.14 bits per heavy atom. The van der Waals surface area contributed by atoms with Crippen LogP contribution >= 0.6 is 0 Å². The molecule has 146 valence electrons. The minimum absolute atomic E-state index is 0.0283. The average molecular weight is 379 g/mol. The van der Waals surface area contributed by atoms with Gasteiger partial charge in [0.15, 0.2) is 5.89 Å². The van der Waals surface area contributed by atoms with Crippen molar-refractivity contribution >= 4 is 11.6 Å². The number of oxazole rings is 1. The number of hydrogen-bond acceptors (Lipinski definition) is 5. The van der Waals surface area contributed by atoms with Crippen LogP contribution < -0.4 is 5.32 Å². The number of nitrogens with one attached hydrogen (secondary N) is 2. The maximum atomic E-state index is 11.3. The van der Waals surface area contributed by atoms with Gasteiger partial charge in [0.2, 0.25) is 5.91 Å². The first-order valence-electron chi connectivity index (χ1n) is 9.59. The van der Waals surface area contributed by atoms with E-state index in [0.717, 1.165) is 41.5 Å². The van der Waals surface area contributed by atoms with E-state index in [1.807, 2.05) is 12.1 Å². The Kier molecular flexibility index (Phi) is 5.00. The highest BCUT2D eigenvalue weighted by Crippen LogP contribution is 2.35. The van der Waals surface area contributed by atoms with Gasteiger partial charge in [-0.25, -0.2) is 9.97 Å². The lowest BCUT2D eigenvalue weighted by Crippen LogP contribution is -2.36. The van der Waals surface area contributed by atoms with E-state index in [-0.39, 0.29) is 17.9 Å². The summed E-state index contributed by atoms with van der Waals surface area (Å²) >= 11 is 0. The van der Waals surface area contributed by atoms with Gasteiger partial charge >= 0.3 is 0 Å². The summed E-state index contributed by atoms with van der Waals surface area (Å²) in [6.07, 6.45) is 4.44. The van der Waals surface area contributed by atoms with Crippen LogP contribution in [-0.2, 0) is 17.8 Å². The molecule has 0 saturated carbocycles. The summed E-state index contributed by atoms with van der Waals surface area (Å²) in [5, 5.41) is 2.82. The SMILES string of the molecule is CC(=O)Nc1ccc(C2c3nc[nH]c3CCN2Cc2coc(C(C)C)n2)cc1. The summed E-state index contributed by atoms with van der Waals surface area (Å²) in [4.78, 5) is 26.2. The van der Waals surface area contributed by atoms with E-state index in [4.69, 9.17) is 4.42 Å². The third kappa shape index (κ3) is 3.71. The smallest absolute Gasteiger partial charge is 0.221 e. The molecular formula is C21H25N5O2. The molecule has 4 rings (SSSR count). The van der Waals surface area contributed by atoms with E-state index in [1.165, 1.54) is 12.6 Å². The van der Waals surface area contributed by atoms with Gasteiger partial charge in [-0.1, -0.05) is 26.0 Å². The van der Waals surface area contributed by atoms with Gasteiger partial charge in [0.25, 0.3) is 0 Å². The predicted molar refractivity (Wildman–Crippen MR) is 106 cm³/mol. The van der Waals surface area contributed by atoms with Gasteiger partial charge in [0, 0.05) is 43.7 Å². The molecule has 7 heteroatoms. The second-order valence-corrected chi connectivity index (χ2v) is 7.52. The monoisotopic (exact) mass is 379 g/mol. The van der Waals surface area contributed by atoms with Crippen LogP contribution in [0.15, 0.2) is 41.3 Å². The maximum Gasteiger partial charge on any atom is 0.221 e. The van der Waals surface area contributed by atoms with E-state index < -0.39 is 0 Å². The molecule has 0 fully saturated rings. The van der Waals surface area contributed by atoms with Gasteiger partial charge in [0.05, 0.1) is 23.8 Å². The first-order chi connectivity index (χ1) is 13.5. The second kappa shape index (κ2) is 7.59. The zero-order valence-electron chi connectivity index (χ0n) is 16.4. The molecule has 0 bridgehead atoms. The standard InChI is InChI=1S/C21H25N5O2/c1-13(2)21-25-17(11-28-21)10-26-9-8-18-19(23-12-22-18)20(26)15-4-6-16(7-5-15)24-14(3)27/h4-7,11-13,20H,8-10H2,1-3H3,(H,22,23)(H,24,27). The fraction of sp³-hybridized carbons (Fsp3) is 0.381. The molecule has 1 aromatic carbocycles. The van der Waals surface area contributed by atoms with Crippen molar-refractivity contribution in [2.24, 2.45) is 0 Å². The van der Waals surface area contributed by atoms with E-state index in [1.54, 1.807) is 12.6 Å². The van der Waals surface area contributed by atoms with Crippen molar-refractivity contribution in [1.82, 2.24) is 19.9 Å². The molecule has 2 N–H and O–H groups in total. The van der Waals surface area contributed by atoms with E-state index >= 15 is 0 Å². The zero-order valence-corrected chi connectivity index (χ0v) is 16.4. The summed E-state index contributed by atoms with van der Waals surface area (Å²) in [5.41, 5.74) is 5.08. The quantitative estimate of drug-likeness (QED) is 0.707. The first-order valence-corrected chi connectivity index (χ1v) is 9.59. The van der Waals surface area contributed by atoms with Crippen LogP contribution in [0.4, 0.5) is 5.69 Å². The van der Waals surface area contributed by atoms with Gasteiger partial charge in [-0.05, 0) is 17.7 Å². The Balaban J connectivity index is 1.63. The highest BCUT2D eigenvalue weighted by Gasteiger charge is 2.31. The third-order valence-corrected chi connectivity index (χ3v) is 5.00. The number of hydrogen-bond donors (Lipinski definition) is 2. The summed E-state index contributed by atoms with van der Waals surface area (Å²) < 4.78 is 5.62. The Labute approximate surface area is 164 Å². The average Bonchev–Trinajstić information content (AvgIpc) is 3.31. The fourth-order valence-electron chi connectivity index (χ4n) is 3.68. The zero-order chi connectivity index (χ0) is 19.7. The topological polar surface area (TPSA) is 87.0 Å². The number of anilines is 1. The molecule has 28 heavy (non-hydrogen) atoms.